The molecule has 5 unspecified atom stereocenters. The zero-order valence-corrected chi connectivity index (χ0v) is 69.7. The zero-order chi connectivity index (χ0) is 84.5. The van der Waals surface area contributed by atoms with Gasteiger partial charge in [-0.15, -0.1) is 0 Å². The second kappa shape index (κ2) is 57.1. The highest BCUT2D eigenvalue weighted by atomic mass is 16.8. The number of hydrogen-bond acceptors (Lipinski definition) is 33. The number of ketones is 1. The molecule has 6 fully saturated rings. The van der Waals surface area contributed by atoms with Crippen LogP contribution in [0.4, 0.5) is 0 Å². The van der Waals surface area contributed by atoms with Crippen molar-refractivity contribution in [3.8, 4) is 0 Å². The molecule has 0 saturated carbocycles. The number of cyclic esters (lactones) is 2. The fraction of sp³-hybridized carbons (Fsp3) is 0.964. The Bertz CT molecular complexity index is 2570. The van der Waals surface area contributed by atoms with Crippen LogP contribution in [-0.2, 0) is 85.4 Å². The Balaban J connectivity index is 0.872. The van der Waals surface area contributed by atoms with E-state index in [0.717, 1.165) is 199 Å². The molecule has 0 spiro atoms. The fourth-order valence-electron chi connectivity index (χ4n) is 16.4. The van der Waals surface area contributed by atoms with Crippen LogP contribution in [-0.4, -0.2) is 333 Å². The molecule has 4 bridgehead atoms. The van der Waals surface area contributed by atoms with Gasteiger partial charge in [0.05, 0.1) is 63.2 Å². The van der Waals surface area contributed by atoms with E-state index in [0.29, 0.717) is 44.9 Å². The first-order valence-electron chi connectivity index (χ1n) is 43.8. The number of ether oxygens (including phenoxy) is 15. The van der Waals surface area contributed by atoms with E-state index in [1.165, 1.54) is 21.3 Å². The number of methoxy groups -OCH3 is 3. The molecular formula is C83H150O33. The summed E-state index contributed by atoms with van der Waals surface area (Å²) in [6, 6.07) is 0. The van der Waals surface area contributed by atoms with E-state index in [-0.39, 0.29) is 36.9 Å². The van der Waals surface area contributed by atoms with Crippen LogP contribution in [0.5, 0.6) is 0 Å². The van der Waals surface area contributed by atoms with Crippen molar-refractivity contribution in [2.75, 3.05) is 54.4 Å². The number of aliphatic hydroxyl groups is 15. The molecule has 30 atom stereocenters. The Kier molecular flexibility index (Phi) is 50.3. The Morgan fingerprint density at radius 1 is 0.345 bits per heavy atom. The summed E-state index contributed by atoms with van der Waals surface area (Å²) in [4.78, 5) is 38.7. The van der Waals surface area contributed by atoms with E-state index >= 15 is 0 Å². The molecule has 680 valence electrons. The topological polar surface area (TPSA) is 493 Å². The molecule has 6 aliphatic rings. The summed E-state index contributed by atoms with van der Waals surface area (Å²) in [5.74, 6) is -1.39. The number of esters is 2. The summed E-state index contributed by atoms with van der Waals surface area (Å²) in [6.07, 6.45) is -3.53. The molecule has 0 aromatic carbocycles. The fourth-order valence-corrected chi connectivity index (χ4v) is 16.4. The SMILES string of the molecule is CO[C@H]1[C@H](OC(C)CCCCCC(CCCCCCCCCCCCCCCC2CC(=O)OC[C@H]3O[C@@H](OC(CCCCCCCCCCCCCC(CCCCCC(C)=O)O[C@@H]4O[C@H](CO)[C@@H](O)[C@H](O)[C@H]4OC)CC(=O)OC[C@@H]4O[C@H](O2)[C@@H](O)[C@H](O)[C@H]4O)[C@H](O)[C@@H](O)[C@@H]3O)O[C@@H]2O[C@H](CO)[C@@H](O)[C@H](O)[C@H]2OC)O[C@H](CO)[C@@H](O)[C@@H]1O. The second-order valence-corrected chi connectivity index (χ2v) is 33.1. The van der Waals surface area contributed by atoms with Gasteiger partial charge in [-0.2, -0.15) is 0 Å². The first-order valence-corrected chi connectivity index (χ1v) is 43.8. The van der Waals surface area contributed by atoms with E-state index in [1.54, 1.807) is 6.92 Å². The van der Waals surface area contributed by atoms with Gasteiger partial charge >= 0.3 is 11.9 Å². The van der Waals surface area contributed by atoms with Crippen LogP contribution in [0.2, 0.25) is 0 Å². The first kappa shape index (κ1) is 102. The van der Waals surface area contributed by atoms with E-state index in [9.17, 15) is 91.0 Å². The van der Waals surface area contributed by atoms with Crippen molar-refractivity contribution in [1.29, 1.82) is 0 Å². The standard InChI is InChI=1S/C83H150O33/c1-51(87)36-28-26-34-40-53(108-82-77(103-4)72(98)65(91)58(47-85)113-82)38-30-22-19-15-12-9-13-17-21-25-33-43-56-45-63(89)106-50-60-67(93)69(95)74(100)79(115-60)110-55(44-62(88)105-49-61-68(94)70(96)75(101)80(111-56)116-61)42-32-24-20-16-11-8-6-7-10-14-18-23-31-39-54(109-83-78(104-5)73(99)66(92)59(48-86)114-83)41-35-27-29-37-52(2)107-81-76(102-3)71(97)64(90)57(46-84)112-81/h52-61,64-86,90-101H,6-50H2,1-5H3/t52?,53?,54?,55?,56?,57-,58-,59-,60+,61-,64-,65-,66-,67+,68-,69-,70+,71+,72+,73+,74+,75-,76-,77-,78-,79+,80-,81-,82-,83-/m1/s1. The molecule has 0 radical (unpaired) electrons. The number of rotatable bonds is 54. The summed E-state index contributed by atoms with van der Waals surface area (Å²) >= 11 is 0. The molecule has 6 saturated heterocycles. The average Bonchev–Trinajstić information content (AvgIpc) is 0.834. The third-order valence-corrected chi connectivity index (χ3v) is 23.7. The van der Waals surface area contributed by atoms with Gasteiger partial charge in [0.2, 0.25) is 0 Å². The molecule has 0 amide bonds. The van der Waals surface area contributed by atoms with Crippen LogP contribution in [0.15, 0.2) is 0 Å². The lowest BCUT2D eigenvalue weighted by Gasteiger charge is -2.42. The number of aliphatic hydroxyl groups excluding tert-OH is 15. The molecular weight excluding hydrogens is 1520 g/mol. The largest absolute Gasteiger partial charge is 0.463 e. The van der Waals surface area contributed by atoms with Crippen LogP contribution in [0.25, 0.3) is 0 Å². The minimum Gasteiger partial charge on any atom is -0.463 e. The maximum absolute atomic E-state index is 13.6. The lowest BCUT2D eigenvalue weighted by Crippen LogP contribution is -2.60. The van der Waals surface area contributed by atoms with Gasteiger partial charge in [-0.25, -0.2) is 0 Å². The van der Waals surface area contributed by atoms with Crippen LogP contribution >= 0.6 is 0 Å². The van der Waals surface area contributed by atoms with Crippen molar-refractivity contribution in [2.24, 2.45) is 0 Å². The molecule has 6 heterocycles. The van der Waals surface area contributed by atoms with Crippen LogP contribution in [0.1, 0.15) is 271 Å². The Morgan fingerprint density at radius 2 is 0.629 bits per heavy atom. The van der Waals surface area contributed by atoms with Gasteiger partial charge in [0, 0.05) is 27.8 Å². The Labute approximate surface area is 686 Å². The minimum absolute atomic E-state index is 0.153. The normalized spacial score (nSPS) is 35.3. The maximum Gasteiger partial charge on any atom is 0.308 e. The third-order valence-electron chi connectivity index (χ3n) is 23.7. The highest BCUT2D eigenvalue weighted by molar-refractivity contribution is 5.75. The molecule has 0 aromatic rings. The number of hydrogen-bond donors (Lipinski definition) is 15. The van der Waals surface area contributed by atoms with Crippen LogP contribution in [0, 0.1) is 0 Å². The number of unbranched alkanes of at least 4 members (excludes halogenated alkanes) is 26. The average molecular weight is 1680 g/mol. The predicted molar refractivity (Wildman–Crippen MR) is 416 cm³/mol. The van der Waals surface area contributed by atoms with Crippen LogP contribution in [0.3, 0.4) is 0 Å². The molecule has 116 heavy (non-hydrogen) atoms. The van der Waals surface area contributed by atoms with Gasteiger partial charge in [-0.05, 0) is 65.2 Å². The summed E-state index contributed by atoms with van der Waals surface area (Å²) in [5, 5.41) is 159. The van der Waals surface area contributed by atoms with Crippen molar-refractivity contribution in [2.45, 2.75) is 455 Å². The summed E-state index contributed by atoms with van der Waals surface area (Å²) in [5.41, 5.74) is 0. The number of carbonyl (C=O) groups excluding carboxylic acids is 3. The molecule has 6 aliphatic heterocycles. The van der Waals surface area contributed by atoms with Crippen molar-refractivity contribution >= 4 is 17.7 Å². The zero-order valence-electron chi connectivity index (χ0n) is 69.7. The number of Topliss-reactive ketones (excluding diaryl/α,β-unsaturated/α-hetero) is 1. The van der Waals surface area contributed by atoms with Crippen LogP contribution < -0.4 is 0 Å². The third kappa shape index (κ3) is 34.9. The lowest BCUT2D eigenvalue weighted by molar-refractivity contribution is -0.316. The van der Waals surface area contributed by atoms with Gasteiger partial charge in [0.1, 0.15) is 141 Å². The predicted octanol–water partition coefficient (Wildman–Crippen LogP) is 4.20. The summed E-state index contributed by atoms with van der Waals surface area (Å²) in [7, 11) is 4.21. The smallest absolute Gasteiger partial charge is 0.308 e. The van der Waals surface area contributed by atoms with Gasteiger partial charge in [-0.1, -0.05) is 186 Å². The van der Waals surface area contributed by atoms with E-state index in [1.807, 2.05) is 6.92 Å². The maximum atomic E-state index is 13.6. The van der Waals surface area contributed by atoms with Crippen molar-refractivity contribution in [1.82, 2.24) is 0 Å². The lowest BCUT2D eigenvalue weighted by atomic mass is 9.98. The highest BCUT2D eigenvalue weighted by Crippen LogP contribution is 2.34. The second-order valence-electron chi connectivity index (χ2n) is 33.1. The molecule has 0 aliphatic carbocycles. The van der Waals surface area contributed by atoms with Crippen molar-refractivity contribution in [3.05, 3.63) is 0 Å². The molecule has 0 aromatic heterocycles. The number of fused-ring (bicyclic) bond motifs is 4. The molecule has 6 rings (SSSR count). The number of carbonyl (C=O) groups is 3. The summed E-state index contributed by atoms with van der Waals surface area (Å²) < 4.78 is 88.2. The Hall–Kier alpha value is -2.51. The molecule has 33 heteroatoms. The first-order chi connectivity index (χ1) is 55.9. The van der Waals surface area contributed by atoms with E-state index in [4.69, 9.17) is 71.1 Å². The quantitative estimate of drug-likeness (QED) is 0.0300. The molecule has 15 N–H and O–H groups in total. The van der Waals surface area contributed by atoms with Gasteiger partial charge in [0.25, 0.3) is 0 Å². The monoisotopic (exact) mass is 1680 g/mol. The Morgan fingerprint density at radius 3 is 0.940 bits per heavy atom. The van der Waals surface area contributed by atoms with Crippen molar-refractivity contribution in [3.63, 3.8) is 0 Å². The molecule has 33 nitrogen and oxygen atoms in total. The van der Waals surface area contributed by atoms with E-state index < -0.39 is 211 Å². The van der Waals surface area contributed by atoms with Gasteiger partial charge < -0.3 is 152 Å². The van der Waals surface area contributed by atoms with Crippen molar-refractivity contribution < 1.29 is 162 Å². The van der Waals surface area contributed by atoms with Gasteiger partial charge in [-0.3, -0.25) is 9.59 Å². The highest BCUT2D eigenvalue weighted by Gasteiger charge is 2.51. The van der Waals surface area contributed by atoms with Gasteiger partial charge in [0.15, 0.2) is 31.5 Å². The summed E-state index contributed by atoms with van der Waals surface area (Å²) in [6.45, 7) is 0.888. The van der Waals surface area contributed by atoms with E-state index in [2.05, 4.69) is 0 Å². The minimum atomic E-state index is -1.77.